The van der Waals surface area contributed by atoms with Gasteiger partial charge in [-0.25, -0.2) is 0 Å². The summed E-state index contributed by atoms with van der Waals surface area (Å²) in [4.78, 5) is 13.2. The minimum absolute atomic E-state index is 0.0658. The van der Waals surface area contributed by atoms with E-state index in [1.807, 2.05) is 0 Å². The van der Waals surface area contributed by atoms with E-state index in [2.05, 4.69) is 0 Å². The van der Waals surface area contributed by atoms with Crippen LogP contribution in [0.2, 0.25) is 0 Å². The van der Waals surface area contributed by atoms with E-state index < -0.39 is 59.1 Å². The average molecular weight is 448 g/mol. The van der Waals surface area contributed by atoms with E-state index >= 15 is 0 Å². The lowest BCUT2D eigenvalue weighted by Gasteiger charge is -2.38. The third kappa shape index (κ3) is 3.56. The second-order valence-electron chi connectivity index (χ2n) is 7.43. The Morgan fingerprint density at radius 1 is 0.875 bits per heavy atom. The largest absolute Gasteiger partial charge is 0.508 e. The van der Waals surface area contributed by atoms with Crippen molar-refractivity contribution in [1.82, 2.24) is 0 Å². The maximum atomic E-state index is 13.2. The van der Waals surface area contributed by atoms with Crippen molar-refractivity contribution in [3.63, 3.8) is 0 Å². The van der Waals surface area contributed by atoms with Crippen molar-refractivity contribution in [3.05, 3.63) is 40.6 Å². The highest BCUT2D eigenvalue weighted by atomic mass is 16.7. The molecule has 11 heteroatoms. The van der Waals surface area contributed by atoms with Crippen LogP contribution < -0.4 is 10.2 Å². The Bertz CT molecular complexity index is 1230. The number of aliphatic hydroxyl groups excluding tert-OH is 3. The monoisotopic (exact) mass is 448 g/mol. The van der Waals surface area contributed by atoms with Crippen LogP contribution in [0.25, 0.3) is 22.3 Å². The van der Waals surface area contributed by atoms with Crippen LogP contribution in [0, 0.1) is 0 Å². The van der Waals surface area contributed by atoms with Gasteiger partial charge in [-0.05, 0) is 25.1 Å². The Balaban J connectivity index is 1.92. The number of phenolic OH excluding ortho intramolecular Hbond substituents is 4. The second-order valence-corrected chi connectivity index (χ2v) is 7.43. The Labute approximate surface area is 179 Å². The summed E-state index contributed by atoms with van der Waals surface area (Å²) in [6.45, 7) is 1.42. The number of ether oxygens (including phenoxy) is 2. The average Bonchev–Trinajstić information content (AvgIpc) is 2.73. The summed E-state index contributed by atoms with van der Waals surface area (Å²) in [6.07, 6.45) is -7.35. The Kier molecular flexibility index (Phi) is 5.34. The SMILES string of the molecule is C[C@@H]1O[C@@H](Oc2c(-c3ccc(O)c(O)c3)oc3cc(O)cc(O)c3c2=O)[C@H](O)[C@@H](O)[C@H]1O. The molecule has 2 aromatic carbocycles. The fourth-order valence-electron chi connectivity index (χ4n) is 3.46. The third-order valence-electron chi connectivity index (χ3n) is 5.20. The zero-order valence-electron chi connectivity index (χ0n) is 16.5. The summed E-state index contributed by atoms with van der Waals surface area (Å²) in [5, 5.41) is 69.2. The van der Waals surface area contributed by atoms with Crippen LogP contribution in [0.15, 0.2) is 39.5 Å². The van der Waals surface area contributed by atoms with E-state index in [0.717, 1.165) is 24.3 Å². The molecule has 7 N–H and O–H groups in total. The topological polar surface area (TPSA) is 190 Å². The van der Waals surface area contributed by atoms with E-state index in [1.54, 1.807) is 0 Å². The Hall–Kier alpha value is -3.51. The second kappa shape index (κ2) is 7.88. The van der Waals surface area contributed by atoms with Gasteiger partial charge in [-0.2, -0.15) is 0 Å². The van der Waals surface area contributed by atoms with Crippen molar-refractivity contribution in [1.29, 1.82) is 0 Å². The molecule has 3 aromatic rings. The first-order valence-corrected chi connectivity index (χ1v) is 9.50. The van der Waals surface area contributed by atoms with Crippen LogP contribution in [0.4, 0.5) is 0 Å². The molecule has 1 aromatic heterocycles. The zero-order chi connectivity index (χ0) is 23.3. The number of hydrogen-bond donors (Lipinski definition) is 7. The molecule has 1 fully saturated rings. The van der Waals surface area contributed by atoms with E-state index in [1.165, 1.54) is 13.0 Å². The van der Waals surface area contributed by atoms with Gasteiger partial charge in [0.05, 0.1) is 6.10 Å². The van der Waals surface area contributed by atoms with E-state index in [0.29, 0.717) is 0 Å². The molecular formula is C21H20O11. The van der Waals surface area contributed by atoms with Gasteiger partial charge in [0.2, 0.25) is 17.5 Å². The standard InChI is InChI=1S/C21H20O11/c1-7-15(26)17(28)18(29)21(30-7)32-20-16(27)14-12(25)5-9(22)6-13(14)31-19(20)8-2-3-10(23)11(24)4-8/h2-7,15,17-18,21-26,28-29H,1H3/t7-,15-,17-,18+,21-/m0/s1. The van der Waals surface area contributed by atoms with Gasteiger partial charge in [-0.15, -0.1) is 0 Å². The fourth-order valence-corrected chi connectivity index (χ4v) is 3.46. The van der Waals surface area contributed by atoms with Crippen molar-refractivity contribution in [2.24, 2.45) is 0 Å². The van der Waals surface area contributed by atoms with Crippen molar-refractivity contribution in [3.8, 4) is 40.1 Å². The van der Waals surface area contributed by atoms with Gasteiger partial charge in [0.1, 0.15) is 40.8 Å². The molecule has 0 unspecified atom stereocenters. The molecule has 0 aliphatic carbocycles. The first kappa shape index (κ1) is 21.7. The molecule has 2 heterocycles. The molecule has 32 heavy (non-hydrogen) atoms. The molecular weight excluding hydrogens is 428 g/mol. The maximum Gasteiger partial charge on any atom is 0.239 e. The number of benzene rings is 2. The molecule has 0 radical (unpaired) electrons. The minimum Gasteiger partial charge on any atom is -0.508 e. The minimum atomic E-state index is -1.74. The Morgan fingerprint density at radius 3 is 2.28 bits per heavy atom. The van der Waals surface area contributed by atoms with Crippen molar-refractivity contribution in [2.75, 3.05) is 0 Å². The highest BCUT2D eigenvalue weighted by molar-refractivity contribution is 5.88. The van der Waals surface area contributed by atoms with Crippen LogP contribution in [0.5, 0.6) is 28.7 Å². The number of hydrogen-bond acceptors (Lipinski definition) is 11. The molecule has 0 amide bonds. The predicted molar refractivity (Wildman–Crippen MR) is 108 cm³/mol. The van der Waals surface area contributed by atoms with Crippen LogP contribution in [-0.4, -0.2) is 66.5 Å². The summed E-state index contributed by atoms with van der Waals surface area (Å²) in [6, 6.07) is 5.51. The molecule has 1 aliphatic rings. The van der Waals surface area contributed by atoms with Crippen LogP contribution in [0.1, 0.15) is 6.92 Å². The van der Waals surface area contributed by atoms with E-state index in [-0.39, 0.29) is 28.0 Å². The maximum absolute atomic E-state index is 13.2. The van der Waals surface area contributed by atoms with Gasteiger partial charge in [0.25, 0.3) is 0 Å². The zero-order valence-corrected chi connectivity index (χ0v) is 16.5. The summed E-state index contributed by atoms with van der Waals surface area (Å²) in [5.74, 6) is -2.80. The van der Waals surface area contributed by atoms with Crippen molar-refractivity contribution in [2.45, 2.75) is 37.6 Å². The first-order valence-electron chi connectivity index (χ1n) is 9.50. The molecule has 0 saturated carbocycles. The van der Waals surface area contributed by atoms with Gasteiger partial charge in [0.15, 0.2) is 17.3 Å². The Morgan fingerprint density at radius 2 is 1.59 bits per heavy atom. The van der Waals surface area contributed by atoms with Crippen molar-refractivity contribution >= 4 is 11.0 Å². The van der Waals surface area contributed by atoms with Crippen LogP contribution in [-0.2, 0) is 4.74 Å². The van der Waals surface area contributed by atoms with Gasteiger partial charge >= 0.3 is 0 Å². The lowest BCUT2D eigenvalue weighted by atomic mass is 10.00. The molecule has 4 rings (SSSR count). The van der Waals surface area contributed by atoms with E-state index in [4.69, 9.17) is 13.9 Å². The van der Waals surface area contributed by atoms with Gasteiger partial charge < -0.3 is 49.6 Å². The molecule has 0 spiro atoms. The third-order valence-corrected chi connectivity index (χ3v) is 5.20. The summed E-state index contributed by atoms with van der Waals surface area (Å²) < 4.78 is 16.6. The number of aromatic hydroxyl groups is 4. The number of rotatable bonds is 3. The first-order chi connectivity index (χ1) is 15.1. The van der Waals surface area contributed by atoms with Crippen LogP contribution in [0.3, 0.4) is 0 Å². The van der Waals surface area contributed by atoms with Gasteiger partial charge in [-0.1, -0.05) is 0 Å². The molecule has 1 aliphatic heterocycles. The fraction of sp³-hybridized carbons (Fsp3) is 0.286. The lowest BCUT2D eigenvalue weighted by Crippen LogP contribution is -2.58. The van der Waals surface area contributed by atoms with Crippen LogP contribution >= 0.6 is 0 Å². The smallest absolute Gasteiger partial charge is 0.239 e. The lowest BCUT2D eigenvalue weighted by molar-refractivity contribution is -0.268. The summed E-state index contributed by atoms with van der Waals surface area (Å²) >= 11 is 0. The number of aliphatic hydroxyl groups is 3. The number of fused-ring (bicyclic) bond motifs is 1. The van der Waals surface area contributed by atoms with E-state index in [9.17, 15) is 40.5 Å². The molecule has 11 nitrogen and oxygen atoms in total. The summed E-state index contributed by atoms with van der Waals surface area (Å²) in [7, 11) is 0. The molecule has 1 saturated heterocycles. The van der Waals surface area contributed by atoms with Gasteiger partial charge in [-0.3, -0.25) is 4.79 Å². The predicted octanol–water partition coefficient (Wildman–Crippen LogP) is 0.489. The highest BCUT2D eigenvalue weighted by Crippen LogP contribution is 2.39. The van der Waals surface area contributed by atoms with Gasteiger partial charge in [0, 0.05) is 17.7 Å². The normalized spacial score (nSPS) is 25.7. The van der Waals surface area contributed by atoms with Crippen molar-refractivity contribution < 1.29 is 49.6 Å². The number of phenols is 4. The molecule has 5 atom stereocenters. The molecule has 0 bridgehead atoms. The molecule has 170 valence electrons. The highest BCUT2D eigenvalue weighted by Gasteiger charge is 2.44. The quantitative estimate of drug-likeness (QED) is 0.276. The summed E-state index contributed by atoms with van der Waals surface area (Å²) in [5.41, 5.74) is -1.05.